The number of hydrogen-bond acceptors (Lipinski definition) is 5. The second-order valence-electron chi connectivity index (χ2n) is 8.87. The molecule has 0 aliphatic heterocycles. The summed E-state index contributed by atoms with van der Waals surface area (Å²) in [5.41, 5.74) is 3.19. The molecule has 8 nitrogen and oxygen atoms in total. The van der Waals surface area contributed by atoms with E-state index in [1.807, 2.05) is 73.3 Å². The number of aromatic nitrogens is 2. The molecule has 5 N–H and O–H groups in total. The molecule has 0 saturated heterocycles. The molecule has 1 fully saturated rings. The van der Waals surface area contributed by atoms with E-state index in [4.69, 9.17) is 22.4 Å². The highest BCUT2D eigenvalue weighted by atomic mass is 35.5. The van der Waals surface area contributed by atoms with Crippen LogP contribution in [0.2, 0.25) is 5.02 Å². The molecule has 184 valence electrons. The van der Waals surface area contributed by atoms with E-state index in [1.54, 1.807) is 0 Å². The summed E-state index contributed by atoms with van der Waals surface area (Å²) in [6.45, 7) is 3.20. The number of amides is 1. The van der Waals surface area contributed by atoms with Gasteiger partial charge in [0.1, 0.15) is 5.84 Å². The summed E-state index contributed by atoms with van der Waals surface area (Å²) in [6.07, 6.45) is 5.38. The second-order valence-corrected chi connectivity index (χ2v) is 9.30. The van der Waals surface area contributed by atoms with Crippen LogP contribution in [-0.4, -0.2) is 34.9 Å². The highest BCUT2D eigenvalue weighted by Crippen LogP contribution is 2.45. The minimum atomic E-state index is -0.577. The minimum Gasteiger partial charge on any atom is -0.388 e. The average molecular weight is 494 g/mol. The van der Waals surface area contributed by atoms with Gasteiger partial charge in [-0.2, -0.15) is 5.10 Å². The molecule has 1 aliphatic rings. The van der Waals surface area contributed by atoms with Crippen LogP contribution in [0.15, 0.2) is 59.8 Å². The largest absolute Gasteiger partial charge is 0.388 e. The van der Waals surface area contributed by atoms with Gasteiger partial charge in [0.25, 0.3) is 0 Å². The lowest BCUT2D eigenvalue weighted by atomic mass is 9.64. The van der Waals surface area contributed by atoms with Gasteiger partial charge in [0.2, 0.25) is 11.9 Å². The molecule has 0 radical (unpaired) electrons. The molecular formula is C26H32ClN7O. The number of rotatable bonds is 9. The summed E-state index contributed by atoms with van der Waals surface area (Å²) in [5, 5.41) is 13.7. The Kier molecular flexibility index (Phi) is 7.60. The summed E-state index contributed by atoms with van der Waals surface area (Å²) in [7, 11) is 1.89. The average Bonchev–Trinajstić information content (AvgIpc) is 3.23. The number of amidine groups is 1. The lowest BCUT2D eigenvalue weighted by Gasteiger charge is -2.40. The molecule has 2 aromatic carbocycles. The highest BCUT2D eigenvalue weighted by Gasteiger charge is 2.46. The number of halogens is 1. The van der Waals surface area contributed by atoms with Gasteiger partial charge in [-0.15, -0.1) is 0 Å². The van der Waals surface area contributed by atoms with Crippen molar-refractivity contribution in [2.75, 3.05) is 24.2 Å². The first kappa shape index (κ1) is 24.6. The van der Waals surface area contributed by atoms with E-state index >= 15 is 0 Å². The highest BCUT2D eigenvalue weighted by molar-refractivity contribution is 6.30. The number of imidazole rings is 1. The van der Waals surface area contributed by atoms with Crippen LogP contribution in [0.5, 0.6) is 0 Å². The Morgan fingerprint density at radius 1 is 1.23 bits per heavy atom. The van der Waals surface area contributed by atoms with Crippen molar-refractivity contribution in [1.82, 2.24) is 14.9 Å². The molecule has 1 aliphatic carbocycles. The van der Waals surface area contributed by atoms with Crippen LogP contribution in [0, 0.1) is 0 Å². The third-order valence-corrected chi connectivity index (χ3v) is 6.88. The number of hydrazone groups is 1. The van der Waals surface area contributed by atoms with Crippen molar-refractivity contribution in [3.05, 3.63) is 65.3 Å². The molecule has 1 aromatic heterocycles. The van der Waals surface area contributed by atoms with Gasteiger partial charge in [-0.05, 0) is 56.0 Å². The third-order valence-electron chi connectivity index (χ3n) is 6.64. The molecule has 4 rings (SSSR count). The number of benzene rings is 2. The normalized spacial score (nSPS) is 14.8. The maximum absolute atomic E-state index is 13.6. The van der Waals surface area contributed by atoms with Crippen molar-refractivity contribution in [3.8, 4) is 11.3 Å². The zero-order chi connectivity index (χ0) is 24.8. The number of nitrogens with one attached hydrogen (secondary N) is 3. The predicted octanol–water partition coefficient (Wildman–Crippen LogP) is 4.58. The lowest BCUT2D eigenvalue weighted by molar-refractivity contribution is -0.124. The number of nitrogens with zero attached hydrogens (tertiary/aromatic N) is 3. The Labute approximate surface area is 211 Å². The SMILES string of the molecule is CNc1ccc(-c2cn(CCCN/C(C)=N\N)c(NC(=O)C3(c4cccc(Cl)c4)CCC3)n2)cc1. The number of anilines is 2. The topological polar surface area (TPSA) is 109 Å². The van der Waals surface area contributed by atoms with E-state index in [9.17, 15) is 4.79 Å². The first-order valence-electron chi connectivity index (χ1n) is 11.9. The van der Waals surface area contributed by atoms with Crippen LogP contribution in [-0.2, 0) is 16.8 Å². The smallest absolute Gasteiger partial charge is 0.237 e. The number of hydrogen-bond donors (Lipinski definition) is 4. The van der Waals surface area contributed by atoms with Crippen molar-refractivity contribution in [1.29, 1.82) is 0 Å². The van der Waals surface area contributed by atoms with Crippen molar-refractivity contribution in [2.45, 2.75) is 44.6 Å². The fourth-order valence-corrected chi connectivity index (χ4v) is 4.57. The molecule has 35 heavy (non-hydrogen) atoms. The summed E-state index contributed by atoms with van der Waals surface area (Å²) in [4.78, 5) is 18.4. The number of nitrogens with two attached hydrogens (primary N) is 1. The van der Waals surface area contributed by atoms with Crippen LogP contribution < -0.4 is 21.8 Å². The van der Waals surface area contributed by atoms with E-state index in [2.05, 4.69) is 21.1 Å². The summed E-state index contributed by atoms with van der Waals surface area (Å²) >= 11 is 6.24. The summed E-state index contributed by atoms with van der Waals surface area (Å²) < 4.78 is 2.00. The van der Waals surface area contributed by atoms with E-state index in [0.717, 1.165) is 48.2 Å². The Balaban J connectivity index is 1.58. The monoisotopic (exact) mass is 493 g/mol. The molecule has 0 unspecified atom stereocenters. The van der Waals surface area contributed by atoms with Gasteiger partial charge in [0, 0.05) is 42.6 Å². The van der Waals surface area contributed by atoms with Gasteiger partial charge in [-0.1, -0.05) is 42.3 Å². The first-order valence-corrected chi connectivity index (χ1v) is 12.2. The van der Waals surface area contributed by atoms with E-state index in [1.165, 1.54) is 0 Å². The fourth-order valence-electron chi connectivity index (χ4n) is 4.38. The van der Waals surface area contributed by atoms with Crippen LogP contribution in [0.25, 0.3) is 11.3 Å². The Morgan fingerprint density at radius 3 is 2.63 bits per heavy atom. The van der Waals surface area contributed by atoms with Gasteiger partial charge in [0.05, 0.1) is 11.1 Å². The maximum atomic E-state index is 13.6. The zero-order valence-corrected chi connectivity index (χ0v) is 20.9. The molecule has 3 aromatic rings. The molecular weight excluding hydrogens is 462 g/mol. The van der Waals surface area contributed by atoms with E-state index in [-0.39, 0.29) is 5.91 Å². The van der Waals surface area contributed by atoms with Gasteiger partial charge in [0.15, 0.2) is 0 Å². The summed E-state index contributed by atoms with van der Waals surface area (Å²) in [6, 6.07) is 15.7. The Hall–Kier alpha value is -3.52. The van der Waals surface area contributed by atoms with Crippen molar-refractivity contribution in [3.63, 3.8) is 0 Å². The summed E-state index contributed by atoms with van der Waals surface area (Å²) in [5.74, 6) is 6.48. The number of carbonyl (C=O) groups excluding carboxylic acids is 1. The minimum absolute atomic E-state index is 0.0424. The van der Waals surface area contributed by atoms with Gasteiger partial charge in [-0.25, -0.2) is 4.98 Å². The van der Waals surface area contributed by atoms with Crippen molar-refractivity contribution < 1.29 is 4.79 Å². The molecule has 0 spiro atoms. The molecule has 0 atom stereocenters. The predicted molar refractivity (Wildman–Crippen MR) is 143 cm³/mol. The Morgan fingerprint density at radius 2 is 2.00 bits per heavy atom. The van der Waals surface area contributed by atoms with Crippen LogP contribution in [0.1, 0.15) is 38.2 Å². The quantitative estimate of drug-likeness (QED) is 0.115. The molecule has 1 amide bonds. The van der Waals surface area contributed by atoms with E-state index < -0.39 is 5.41 Å². The Bertz CT molecular complexity index is 1200. The van der Waals surface area contributed by atoms with Crippen LogP contribution in [0.4, 0.5) is 11.6 Å². The number of aryl methyl sites for hydroxylation is 1. The van der Waals surface area contributed by atoms with E-state index in [0.29, 0.717) is 29.9 Å². The molecule has 1 saturated carbocycles. The standard InChI is InChI=1S/C26H32ClN7O/c1-18(33-28)30-14-5-15-34-17-23(19-8-10-22(29-2)11-9-19)31-25(34)32-24(35)26(12-4-13-26)20-6-3-7-21(27)16-20/h3,6-11,16-17,29H,4-5,12-15,28H2,1-2H3,(H,30,33)(H,31,32,35). The molecule has 0 bridgehead atoms. The first-order chi connectivity index (χ1) is 16.9. The van der Waals surface area contributed by atoms with Crippen molar-refractivity contribution in [2.24, 2.45) is 10.9 Å². The van der Waals surface area contributed by atoms with Gasteiger partial charge < -0.3 is 21.0 Å². The molecule has 9 heteroatoms. The van der Waals surface area contributed by atoms with Crippen LogP contribution in [0.3, 0.4) is 0 Å². The van der Waals surface area contributed by atoms with Crippen LogP contribution >= 0.6 is 11.6 Å². The maximum Gasteiger partial charge on any atom is 0.237 e. The van der Waals surface area contributed by atoms with Gasteiger partial charge in [-0.3, -0.25) is 10.1 Å². The second kappa shape index (κ2) is 10.8. The molecule has 1 heterocycles. The number of carbonyl (C=O) groups is 1. The zero-order valence-electron chi connectivity index (χ0n) is 20.1. The van der Waals surface area contributed by atoms with Crippen molar-refractivity contribution >= 4 is 35.0 Å². The lowest BCUT2D eigenvalue weighted by Crippen LogP contribution is -2.46. The third kappa shape index (κ3) is 5.43. The van der Waals surface area contributed by atoms with Gasteiger partial charge >= 0.3 is 0 Å². The fraction of sp³-hybridized carbons (Fsp3) is 0.346.